The number of para-hydroxylation sites is 3. The van der Waals surface area contributed by atoms with E-state index in [9.17, 15) is 5.26 Å². The van der Waals surface area contributed by atoms with Crippen molar-refractivity contribution in [1.82, 2.24) is 19.5 Å². The fraction of sp³-hybridized carbons (Fsp3) is 0. The van der Waals surface area contributed by atoms with Crippen molar-refractivity contribution in [2.45, 2.75) is 0 Å². The number of hydrogen-bond donors (Lipinski definition) is 0. The Kier molecular flexibility index (Phi) is 7.48. The molecule has 5 heteroatoms. The molecule has 0 radical (unpaired) electrons. The highest BCUT2D eigenvalue weighted by molar-refractivity contribution is 6.22. The van der Waals surface area contributed by atoms with Crippen molar-refractivity contribution >= 4 is 54.5 Å². The van der Waals surface area contributed by atoms with Gasteiger partial charge in [-0.15, -0.1) is 0 Å². The lowest BCUT2D eigenvalue weighted by Gasteiger charge is -2.16. The average molecular weight is 726 g/mol. The quantitative estimate of drug-likeness (QED) is 0.166. The van der Waals surface area contributed by atoms with Gasteiger partial charge in [0.25, 0.3) is 0 Å². The van der Waals surface area contributed by atoms with Gasteiger partial charge in [-0.05, 0) is 53.6 Å². The molecule has 0 saturated carbocycles. The highest BCUT2D eigenvalue weighted by atomic mass is 15.0. The fourth-order valence-corrected chi connectivity index (χ4v) is 8.38. The Morgan fingerprint density at radius 1 is 0.386 bits per heavy atom. The second-order valence-electron chi connectivity index (χ2n) is 14.3. The molecule has 57 heavy (non-hydrogen) atoms. The van der Waals surface area contributed by atoms with Crippen molar-refractivity contribution in [3.63, 3.8) is 0 Å². The van der Waals surface area contributed by atoms with Crippen LogP contribution in [0.15, 0.2) is 188 Å². The summed E-state index contributed by atoms with van der Waals surface area (Å²) in [5.41, 5.74) is 13.3. The molecule has 11 rings (SSSR count). The molecule has 0 fully saturated rings. The highest BCUT2D eigenvalue weighted by Gasteiger charge is 2.21. The maximum atomic E-state index is 10.7. The van der Waals surface area contributed by atoms with Gasteiger partial charge in [0.2, 0.25) is 0 Å². The zero-order chi connectivity index (χ0) is 37.9. The first-order valence-corrected chi connectivity index (χ1v) is 19.0. The van der Waals surface area contributed by atoms with Crippen LogP contribution >= 0.6 is 0 Å². The lowest BCUT2D eigenvalue weighted by Crippen LogP contribution is -2.00. The summed E-state index contributed by atoms with van der Waals surface area (Å²) in [6, 6.07) is 67.3. The molecule has 0 unspecified atom stereocenters. The molecule has 0 aliphatic rings. The van der Waals surface area contributed by atoms with E-state index in [0.29, 0.717) is 16.6 Å². The Hall–Kier alpha value is -7.94. The fourth-order valence-electron chi connectivity index (χ4n) is 8.38. The average Bonchev–Trinajstić information content (AvgIpc) is 3.63. The van der Waals surface area contributed by atoms with Gasteiger partial charge in [-0.3, -0.25) is 0 Å². The van der Waals surface area contributed by atoms with Crippen molar-refractivity contribution in [2.24, 2.45) is 0 Å². The van der Waals surface area contributed by atoms with Crippen LogP contribution < -0.4 is 0 Å². The van der Waals surface area contributed by atoms with E-state index in [1.54, 1.807) is 0 Å². The first-order chi connectivity index (χ1) is 28.2. The van der Waals surface area contributed by atoms with Gasteiger partial charge >= 0.3 is 0 Å². The van der Waals surface area contributed by atoms with Crippen molar-refractivity contribution in [3.8, 4) is 56.7 Å². The molecule has 0 saturated heterocycles. The van der Waals surface area contributed by atoms with E-state index < -0.39 is 0 Å². The second-order valence-corrected chi connectivity index (χ2v) is 14.3. The minimum Gasteiger partial charge on any atom is -0.309 e. The van der Waals surface area contributed by atoms with Gasteiger partial charge in [0.1, 0.15) is 11.6 Å². The van der Waals surface area contributed by atoms with Crippen molar-refractivity contribution < 1.29 is 0 Å². The summed E-state index contributed by atoms with van der Waals surface area (Å²) in [5, 5.41) is 15.9. The molecule has 0 atom stereocenters. The minimum atomic E-state index is 0.455. The third kappa shape index (κ3) is 5.27. The topological polar surface area (TPSA) is 67.4 Å². The van der Waals surface area contributed by atoms with Gasteiger partial charge in [-0.2, -0.15) is 5.26 Å². The monoisotopic (exact) mass is 725 g/mol. The van der Waals surface area contributed by atoms with Crippen LogP contribution in [0.5, 0.6) is 0 Å². The Morgan fingerprint density at radius 2 is 0.930 bits per heavy atom. The Balaban J connectivity index is 1.10. The number of benzene rings is 8. The molecule has 3 aromatic heterocycles. The maximum absolute atomic E-state index is 10.7. The van der Waals surface area contributed by atoms with Crippen LogP contribution in [-0.2, 0) is 0 Å². The summed E-state index contributed by atoms with van der Waals surface area (Å²) in [5.74, 6) is 0. The number of pyridine rings is 1. The molecule has 11 aromatic rings. The van der Waals surface area contributed by atoms with E-state index in [4.69, 9.17) is 15.0 Å². The summed E-state index contributed by atoms with van der Waals surface area (Å²) < 4.78 is 2.34. The first-order valence-electron chi connectivity index (χ1n) is 19.0. The zero-order valence-electron chi connectivity index (χ0n) is 30.6. The molecule has 8 aromatic carbocycles. The largest absolute Gasteiger partial charge is 0.309 e. The Bertz CT molecular complexity index is 3340. The second kappa shape index (κ2) is 13.1. The van der Waals surface area contributed by atoms with Crippen LogP contribution in [0.3, 0.4) is 0 Å². The molecule has 264 valence electrons. The van der Waals surface area contributed by atoms with E-state index >= 15 is 0 Å². The molecule has 0 amide bonds. The van der Waals surface area contributed by atoms with Gasteiger partial charge in [0.05, 0.1) is 44.7 Å². The van der Waals surface area contributed by atoms with E-state index in [0.717, 1.165) is 72.3 Å². The van der Waals surface area contributed by atoms with Gasteiger partial charge in [-0.1, -0.05) is 146 Å². The van der Waals surface area contributed by atoms with Crippen LogP contribution in [0.1, 0.15) is 5.56 Å². The molecular formula is C52H31N5. The van der Waals surface area contributed by atoms with Crippen LogP contribution in [-0.4, -0.2) is 19.5 Å². The van der Waals surface area contributed by atoms with Gasteiger partial charge in [0.15, 0.2) is 0 Å². The van der Waals surface area contributed by atoms with Crippen molar-refractivity contribution in [3.05, 3.63) is 194 Å². The lowest BCUT2D eigenvalue weighted by molar-refractivity contribution is 1.18. The third-order valence-electron chi connectivity index (χ3n) is 11.0. The lowest BCUT2D eigenvalue weighted by atomic mass is 9.94. The van der Waals surface area contributed by atoms with E-state index in [-0.39, 0.29) is 0 Å². The predicted molar refractivity (Wildman–Crippen MR) is 233 cm³/mol. The number of nitriles is 1. The molecule has 5 nitrogen and oxygen atoms in total. The molecule has 0 aliphatic heterocycles. The summed E-state index contributed by atoms with van der Waals surface area (Å²) in [6.07, 6.45) is 0. The standard InChI is InChI=1S/C52H31N5/c53-32-38-31-43-47(52-51(38)55-49(34-14-3-1-4-15-34)50(56-52)35-16-5-2-6-17-35)42-22-7-10-23-44(42)54-48(43)37-19-13-18-36(30-37)33-26-28-39(29-27-33)57-45-24-11-8-20-40(45)41-21-9-12-25-46(41)57/h1-31H. The van der Waals surface area contributed by atoms with Gasteiger partial charge < -0.3 is 4.57 Å². The highest BCUT2D eigenvalue weighted by Crippen LogP contribution is 2.41. The van der Waals surface area contributed by atoms with Gasteiger partial charge in [-0.25, -0.2) is 15.0 Å². The predicted octanol–water partition coefficient (Wildman–Crippen LogP) is 13.0. The number of rotatable bonds is 5. The molecule has 0 spiro atoms. The van der Waals surface area contributed by atoms with Crippen LogP contribution in [0.4, 0.5) is 0 Å². The minimum absolute atomic E-state index is 0.455. The molecule has 0 aliphatic carbocycles. The SMILES string of the molecule is N#Cc1cc2c(-c3cccc(-c4ccc(-n5c6ccccc6c6ccccc65)cc4)c3)nc3ccccc3c2c2nc(-c3ccccc3)c(-c3ccccc3)nc12. The maximum Gasteiger partial charge on any atom is 0.108 e. The van der Waals surface area contributed by atoms with Crippen LogP contribution in [0.25, 0.3) is 105 Å². The molecule has 3 heterocycles. The summed E-state index contributed by atoms with van der Waals surface area (Å²) in [6.45, 7) is 0. The van der Waals surface area contributed by atoms with E-state index in [1.807, 2.05) is 72.8 Å². The summed E-state index contributed by atoms with van der Waals surface area (Å²) >= 11 is 0. The zero-order valence-corrected chi connectivity index (χ0v) is 30.6. The number of nitrogens with zero attached hydrogens (tertiary/aromatic N) is 5. The van der Waals surface area contributed by atoms with Gasteiger partial charge in [0, 0.05) is 49.3 Å². The molecule has 0 bridgehead atoms. The smallest absolute Gasteiger partial charge is 0.108 e. The Labute approximate surface area is 328 Å². The normalized spacial score (nSPS) is 11.5. The van der Waals surface area contributed by atoms with Crippen LogP contribution in [0.2, 0.25) is 0 Å². The molecular weight excluding hydrogens is 695 g/mol. The van der Waals surface area contributed by atoms with E-state index in [2.05, 4.69) is 126 Å². The number of aromatic nitrogens is 4. The van der Waals surface area contributed by atoms with Crippen LogP contribution in [0, 0.1) is 11.3 Å². The summed E-state index contributed by atoms with van der Waals surface area (Å²) in [4.78, 5) is 16.0. The Morgan fingerprint density at radius 3 is 1.58 bits per heavy atom. The first kappa shape index (κ1) is 32.5. The number of fused-ring (bicyclic) bond motifs is 8. The molecule has 0 N–H and O–H groups in total. The summed E-state index contributed by atoms with van der Waals surface area (Å²) in [7, 11) is 0. The third-order valence-corrected chi connectivity index (χ3v) is 11.0. The van der Waals surface area contributed by atoms with Crippen molar-refractivity contribution in [1.29, 1.82) is 5.26 Å². The van der Waals surface area contributed by atoms with E-state index in [1.165, 1.54) is 21.8 Å². The van der Waals surface area contributed by atoms with Crippen molar-refractivity contribution in [2.75, 3.05) is 0 Å². The number of hydrogen-bond acceptors (Lipinski definition) is 4.